The molecule has 9 aromatic carbocycles. The molecular formula is C50H33NO. The van der Waals surface area contributed by atoms with Crippen molar-refractivity contribution in [3.05, 3.63) is 200 Å². The molecule has 0 bridgehead atoms. The van der Waals surface area contributed by atoms with Gasteiger partial charge >= 0.3 is 0 Å². The molecule has 0 aliphatic rings. The fourth-order valence-corrected chi connectivity index (χ4v) is 7.24. The third kappa shape index (κ3) is 5.12. The van der Waals surface area contributed by atoms with E-state index in [1.165, 1.54) is 0 Å². The normalized spacial score (nSPS) is 13.3. The van der Waals surface area contributed by atoms with Gasteiger partial charge in [-0.2, -0.15) is 0 Å². The summed E-state index contributed by atoms with van der Waals surface area (Å²) in [6.07, 6.45) is 0. The summed E-state index contributed by atoms with van der Waals surface area (Å²) in [4.78, 5) is 2.25. The van der Waals surface area contributed by atoms with Crippen LogP contribution < -0.4 is 4.90 Å². The number of nitrogens with zero attached hydrogens (tertiary/aromatic N) is 1. The molecule has 0 amide bonds. The number of hydrogen-bond donors (Lipinski definition) is 0. The van der Waals surface area contributed by atoms with Gasteiger partial charge in [0.15, 0.2) is 0 Å². The Morgan fingerprint density at radius 2 is 1.04 bits per heavy atom. The molecule has 1 aromatic heterocycles. The zero-order valence-corrected chi connectivity index (χ0v) is 27.9. The van der Waals surface area contributed by atoms with Gasteiger partial charge in [0.25, 0.3) is 0 Å². The molecule has 0 radical (unpaired) electrons. The SMILES string of the molecule is [2H]c1c([2H])c([2H])c2c([2H])c(-c3cccc4c3oc3ccc5cccc(N(c6ccc(-c7ccccc7)cc6)c6ccc(-c7ccccc7)cc6)c5c34)c([2H])c([2H])c2c1[2H]. The van der Waals surface area contributed by atoms with E-state index in [-0.39, 0.29) is 34.5 Å². The van der Waals surface area contributed by atoms with Crippen molar-refractivity contribution in [2.45, 2.75) is 0 Å². The lowest BCUT2D eigenvalue weighted by molar-refractivity contribution is 0.670. The van der Waals surface area contributed by atoms with E-state index in [0.29, 0.717) is 16.7 Å². The minimum atomic E-state index is -0.502. The lowest BCUT2D eigenvalue weighted by atomic mass is 9.97. The van der Waals surface area contributed by atoms with Crippen molar-refractivity contribution >= 4 is 60.5 Å². The monoisotopic (exact) mass is 670 g/mol. The maximum Gasteiger partial charge on any atom is 0.143 e. The molecule has 0 N–H and O–H groups in total. The highest BCUT2D eigenvalue weighted by atomic mass is 16.3. The predicted octanol–water partition coefficient (Wildman–Crippen LogP) is 14.4. The Bertz CT molecular complexity index is 3190. The Morgan fingerprint density at radius 3 is 1.71 bits per heavy atom. The summed E-state index contributed by atoms with van der Waals surface area (Å²) < 4.78 is 67.6. The molecule has 0 aliphatic heterocycles. The van der Waals surface area contributed by atoms with E-state index in [1.807, 2.05) is 66.7 Å². The Kier molecular flexibility index (Phi) is 5.63. The number of fused-ring (bicyclic) bond motifs is 6. The van der Waals surface area contributed by atoms with Crippen LogP contribution in [-0.4, -0.2) is 0 Å². The third-order valence-electron chi connectivity index (χ3n) is 9.71. The van der Waals surface area contributed by atoms with Crippen LogP contribution in [0, 0.1) is 0 Å². The summed E-state index contributed by atoms with van der Waals surface area (Å²) in [7, 11) is 0. The van der Waals surface area contributed by atoms with E-state index in [0.717, 1.165) is 60.9 Å². The molecule has 52 heavy (non-hydrogen) atoms. The second-order valence-corrected chi connectivity index (χ2v) is 12.8. The van der Waals surface area contributed by atoms with E-state index in [9.17, 15) is 1.37 Å². The van der Waals surface area contributed by atoms with Crippen LogP contribution in [-0.2, 0) is 0 Å². The van der Waals surface area contributed by atoms with E-state index in [2.05, 4.69) is 89.8 Å². The number of para-hydroxylation sites is 1. The van der Waals surface area contributed by atoms with Gasteiger partial charge in [0.05, 0.1) is 15.3 Å². The number of rotatable bonds is 6. The van der Waals surface area contributed by atoms with Crippen LogP contribution in [0.4, 0.5) is 17.1 Å². The van der Waals surface area contributed by atoms with Crippen LogP contribution in [0.1, 0.15) is 9.60 Å². The van der Waals surface area contributed by atoms with Crippen molar-refractivity contribution in [3.63, 3.8) is 0 Å². The molecule has 0 fully saturated rings. The van der Waals surface area contributed by atoms with E-state index in [4.69, 9.17) is 12.6 Å². The first-order valence-corrected chi connectivity index (χ1v) is 17.2. The Hall–Kier alpha value is -6.90. The number of hydrogen-bond acceptors (Lipinski definition) is 2. The first-order valence-electron chi connectivity index (χ1n) is 20.7. The zero-order chi connectivity index (χ0) is 40.5. The predicted molar refractivity (Wildman–Crippen MR) is 220 cm³/mol. The van der Waals surface area contributed by atoms with Crippen molar-refractivity contribution in [2.24, 2.45) is 0 Å². The standard InChI is InChI=1S/C50H33NO/c1-3-11-34(12-4-1)37-23-28-42(29-24-37)51(43-30-25-38(26-31-43)35-13-5-2-6-14-35)46-20-9-17-39-27-32-47-49(48(39)46)45-19-10-18-44(50(45)52-47)41-22-21-36-15-7-8-16-40(36)33-41/h1-33H/i7D,8D,15D,16D,21D,22D,33D. The summed E-state index contributed by atoms with van der Waals surface area (Å²) >= 11 is 0. The number of anilines is 3. The minimum Gasteiger partial charge on any atom is -0.455 e. The fourth-order valence-electron chi connectivity index (χ4n) is 7.24. The summed E-state index contributed by atoms with van der Waals surface area (Å²) in [6, 6.07) is 50.6. The van der Waals surface area contributed by atoms with Crippen LogP contribution in [0.3, 0.4) is 0 Å². The van der Waals surface area contributed by atoms with Crippen LogP contribution >= 0.6 is 0 Å². The average Bonchev–Trinajstić information content (AvgIpc) is 3.67. The van der Waals surface area contributed by atoms with Crippen molar-refractivity contribution in [3.8, 4) is 33.4 Å². The van der Waals surface area contributed by atoms with E-state index >= 15 is 0 Å². The minimum absolute atomic E-state index is 0.0698. The molecule has 2 heteroatoms. The maximum absolute atomic E-state index is 9.28. The molecule has 0 atom stereocenters. The third-order valence-corrected chi connectivity index (χ3v) is 9.71. The summed E-state index contributed by atoms with van der Waals surface area (Å²) in [5, 5.41) is 3.26. The number of benzene rings is 9. The molecule has 10 rings (SSSR count). The smallest absolute Gasteiger partial charge is 0.143 e. The molecule has 0 aliphatic carbocycles. The highest BCUT2D eigenvalue weighted by Crippen LogP contribution is 2.46. The van der Waals surface area contributed by atoms with Crippen LogP contribution in [0.15, 0.2) is 204 Å². The molecule has 0 spiro atoms. The van der Waals surface area contributed by atoms with Crippen LogP contribution in [0.5, 0.6) is 0 Å². The Balaban J connectivity index is 1.22. The summed E-state index contributed by atoms with van der Waals surface area (Å²) in [5.74, 6) is 0. The molecule has 0 unspecified atom stereocenters. The van der Waals surface area contributed by atoms with Gasteiger partial charge in [0.2, 0.25) is 0 Å². The first-order chi connectivity index (χ1) is 28.7. The van der Waals surface area contributed by atoms with E-state index in [1.54, 1.807) is 6.07 Å². The topological polar surface area (TPSA) is 16.4 Å². The largest absolute Gasteiger partial charge is 0.455 e. The van der Waals surface area contributed by atoms with Crippen molar-refractivity contribution in [2.75, 3.05) is 4.90 Å². The van der Waals surface area contributed by atoms with Gasteiger partial charge in [-0.15, -0.1) is 0 Å². The van der Waals surface area contributed by atoms with Crippen molar-refractivity contribution < 1.29 is 14.0 Å². The molecule has 0 saturated carbocycles. The Labute approximate surface area is 312 Å². The van der Waals surface area contributed by atoms with Gasteiger partial charge in [-0.05, 0) is 86.4 Å². The second-order valence-electron chi connectivity index (χ2n) is 12.8. The highest BCUT2D eigenvalue weighted by molar-refractivity contribution is 6.24. The Morgan fingerprint density at radius 1 is 0.423 bits per heavy atom. The second kappa shape index (κ2) is 12.5. The zero-order valence-electron chi connectivity index (χ0n) is 34.9. The maximum atomic E-state index is 9.28. The van der Waals surface area contributed by atoms with Gasteiger partial charge in [0, 0.05) is 33.1 Å². The molecule has 1 heterocycles. The summed E-state index contributed by atoms with van der Waals surface area (Å²) in [5.41, 5.74) is 8.76. The molecule has 244 valence electrons. The van der Waals surface area contributed by atoms with Crippen molar-refractivity contribution in [1.82, 2.24) is 0 Å². The van der Waals surface area contributed by atoms with Gasteiger partial charge in [-0.25, -0.2) is 0 Å². The van der Waals surface area contributed by atoms with E-state index < -0.39 is 24.2 Å². The molecule has 10 aromatic rings. The van der Waals surface area contributed by atoms with Crippen LogP contribution in [0.2, 0.25) is 0 Å². The van der Waals surface area contributed by atoms with Crippen molar-refractivity contribution in [1.29, 1.82) is 0 Å². The molecular weight excluding hydrogens is 631 g/mol. The average molecular weight is 671 g/mol. The molecule has 0 saturated heterocycles. The number of furan rings is 1. The quantitative estimate of drug-likeness (QED) is 0.175. The van der Waals surface area contributed by atoms with Gasteiger partial charge in [-0.1, -0.05) is 158 Å². The lowest BCUT2D eigenvalue weighted by Gasteiger charge is -2.27. The first kappa shape index (κ1) is 23.5. The highest BCUT2D eigenvalue weighted by Gasteiger charge is 2.21. The molecule has 2 nitrogen and oxygen atoms in total. The van der Waals surface area contributed by atoms with Gasteiger partial charge < -0.3 is 9.32 Å². The van der Waals surface area contributed by atoms with Crippen LogP contribution in [0.25, 0.3) is 76.9 Å². The summed E-state index contributed by atoms with van der Waals surface area (Å²) in [6.45, 7) is 0. The lowest BCUT2D eigenvalue weighted by Crippen LogP contribution is -2.10. The van der Waals surface area contributed by atoms with Gasteiger partial charge in [0.1, 0.15) is 11.2 Å². The van der Waals surface area contributed by atoms with Gasteiger partial charge in [-0.3, -0.25) is 0 Å². The fraction of sp³-hybridized carbons (Fsp3) is 0.